The molecule has 1 unspecified atom stereocenters. The van der Waals surface area contributed by atoms with Crippen LogP contribution < -0.4 is 10.9 Å². The Balaban J connectivity index is 2.02. The molecule has 0 radical (unpaired) electrons. The summed E-state index contributed by atoms with van der Waals surface area (Å²) in [5, 5.41) is 3.20. The lowest BCUT2D eigenvalue weighted by Gasteiger charge is -2.18. The second kappa shape index (κ2) is 4.97. The predicted molar refractivity (Wildman–Crippen MR) is 74.2 cm³/mol. The Hall–Kier alpha value is -1.94. The number of hydrogen-bond donors (Lipinski definition) is 2. The molecule has 0 saturated heterocycles. The summed E-state index contributed by atoms with van der Waals surface area (Å²) in [6.07, 6.45) is 0.827. The molecule has 1 aliphatic rings. The van der Waals surface area contributed by atoms with Gasteiger partial charge >= 0.3 is 0 Å². The summed E-state index contributed by atoms with van der Waals surface area (Å²) in [5.74, 6) is 0.867. The van der Waals surface area contributed by atoms with E-state index in [1.807, 2.05) is 18.2 Å². The average molecular weight is 255 g/mol. The van der Waals surface area contributed by atoms with E-state index in [4.69, 9.17) is 0 Å². The normalized spacial score (nSPS) is 15.8. The molecule has 2 heterocycles. The van der Waals surface area contributed by atoms with Crippen LogP contribution >= 0.6 is 0 Å². The number of nitrogens with one attached hydrogen (secondary N) is 2. The lowest BCUT2D eigenvalue weighted by molar-refractivity contribution is 0.610. The fraction of sp³-hybridized carbons (Fsp3) is 0.333. The molecule has 98 valence electrons. The minimum Gasteiger partial charge on any atom is -0.312 e. The number of hydrogen-bond acceptors (Lipinski definition) is 3. The van der Waals surface area contributed by atoms with Crippen molar-refractivity contribution in [1.29, 1.82) is 0 Å². The molecule has 4 nitrogen and oxygen atoms in total. The molecule has 19 heavy (non-hydrogen) atoms. The molecular formula is C15H17N3O. The second-order valence-corrected chi connectivity index (χ2v) is 4.94. The summed E-state index contributed by atoms with van der Waals surface area (Å²) in [4.78, 5) is 19.7. The van der Waals surface area contributed by atoms with Gasteiger partial charge in [0.15, 0.2) is 0 Å². The Labute approximate surface area is 111 Å². The van der Waals surface area contributed by atoms with E-state index in [1.54, 1.807) is 0 Å². The van der Waals surface area contributed by atoms with Crippen molar-refractivity contribution in [3.05, 3.63) is 63.3 Å². The van der Waals surface area contributed by atoms with Crippen LogP contribution in [0.1, 0.15) is 35.5 Å². The van der Waals surface area contributed by atoms with Crippen LogP contribution in [-0.4, -0.2) is 16.5 Å². The largest absolute Gasteiger partial charge is 0.312 e. The highest BCUT2D eigenvalue weighted by atomic mass is 16.1. The van der Waals surface area contributed by atoms with Gasteiger partial charge in [-0.3, -0.25) is 4.79 Å². The van der Waals surface area contributed by atoms with Gasteiger partial charge in [-0.25, -0.2) is 4.98 Å². The molecule has 4 heteroatoms. The second-order valence-electron chi connectivity index (χ2n) is 4.94. The van der Waals surface area contributed by atoms with Gasteiger partial charge in [0.1, 0.15) is 5.82 Å². The number of benzene rings is 1. The number of aromatic nitrogens is 2. The molecule has 3 rings (SSSR count). The molecule has 2 aromatic rings. The number of aromatic amines is 1. The van der Waals surface area contributed by atoms with E-state index in [0.29, 0.717) is 6.54 Å². The SMILES string of the molecule is CC(c1ccccc1)c1nc2c(c(=O)[nH]1)CNCC2. The zero-order valence-corrected chi connectivity index (χ0v) is 10.9. The van der Waals surface area contributed by atoms with E-state index in [-0.39, 0.29) is 11.5 Å². The lowest BCUT2D eigenvalue weighted by Crippen LogP contribution is -2.32. The molecule has 0 aliphatic carbocycles. The molecule has 0 saturated carbocycles. The minimum absolute atomic E-state index is 0.00465. The number of H-pyrrole nitrogens is 1. The van der Waals surface area contributed by atoms with Gasteiger partial charge in [-0.2, -0.15) is 0 Å². The molecular weight excluding hydrogens is 238 g/mol. The fourth-order valence-corrected chi connectivity index (χ4v) is 2.48. The summed E-state index contributed by atoms with van der Waals surface area (Å²) >= 11 is 0. The molecule has 0 spiro atoms. The van der Waals surface area contributed by atoms with Crippen LogP contribution in [0, 0.1) is 0 Å². The zero-order valence-electron chi connectivity index (χ0n) is 10.9. The Bertz CT molecular complexity index is 634. The van der Waals surface area contributed by atoms with E-state index in [2.05, 4.69) is 34.3 Å². The standard InChI is InChI=1S/C15H17N3O/c1-10(11-5-3-2-4-6-11)14-17-13-7-8-16-9-12(13)15(19)18-14/h2-6,10,16H,7-9H2,1H3,(H,17,18,19). The topological polar surface area (TPSA) is 57.8 Å². The van der Waals surface area contributed by atoms with Gasteiger partial charge in [0, 0.05) is 25.4 Å². The quantitative estimate of drug-likeness (QED) is 0.856. The maximum atomic E-state index is 12.1. The van der Waals surface area contributed by atoms with E-state index in [1.165, 1.54) is 5.56 Å². The van der Waals surface area contributed by atoms with Crippen LogP contribution in [0.15, 0.2) is 35.1 Å². The van der Waals surface area contributed by atoms with Crippen LogP contribution in [0.4, 0.5) is 0 Å². The van der Waals surface area contributed by atoms with Crippen molar-refractivity contribution in [2.45, 2.75) is 25.8 Å². The van der Waals surface area contributed by atoms with E-state index in [9.17, 15) is 4.79 Å². The minimum atomic E-state index is -0.00465. The first-order valence-electron chi connectivity index (χ1n) is 6.63. The number of fused-ring (bicyclic) bond motifs is 1. The van der Waals surface area contributed by atoms with Crippen LogP contribution in [0.5, 0.6) is 0 Å². The summed E-state index contributed by atoms with van der Waals surface area (Å²) in [6, 6.07) is 10.1. The first-order chi connectivity index (χ1) is 9.25. The van der Waals surface area contributed by atoms with Gasteiger partial charge in [0.2, 0.25) is 0 Å². The Morgan fingerprint density at radius 3 is 2.84 bits per heavy atom. The molecule has 0 bridgehead atoms. The van der Waals surface area contributed by atoms with E-state index >= 15 is 0 Å². The van der Waals surface area contributed by atoms with Gasteiger partial charge in [0.25, 0.3) is 5.56 Å². The number of rotatable bonds is 2. The molecule has 0 fully saturated rings. The Kier molecular flexibility index (Phi) is 3.17. The average Bonchev–Trinajstić information content (AvgIpc) is 2.47. The highest BCUT2D eigenvalue weighted by Gasteiger charge is 2.18. The highest BCUT2D eigenvalue weighted by Crippen LogP contribution is 2.21. The third-order valence-corrected chi connectivity index (χ3v) is 3.67. The van der Waals surface area contributed by atoms with Crippen molar-refractivity contribution in [2.75, 3.05) is 6.54 Å². The van der Waals surface area contributed by atoms with Crippen molar-refractivity contribution in [2.24, 2.45) is 0 Å². The molecule has 1 aliphatic heterocycles. The summed E-state index contributed by atoms with van der Waals surface area (Å²) in [6.45, 7) is 3.58. The molecule has 1 atom stereocenters. The van der Waals surface area contributed by atoms with Crippen LogP contribution in [-0.2, 0) is 13.0 Å². The first-order valence-corrected chi connectivity index (χ1v) is 6.63. The lowest BCUT2D eigenvalue weighted by atomic mass is 9.99. The van der Waals surface area contributed by atoms with Gasteiger partial charge < -0.3 is 10.3 Å². The zero-order chi connectivity index (χ0) is 13.2. The third-order valence-electron chi connectivity index (χ3n) is 3.67. The molecule has 0 amide bonds. The van der Waals surface area contributed by atoms with Gasteiger partial charge in [0.05, 0.1) is 11.3 Å². The maximum Gasteiger partial charge on any atom is 0.255 e. The van der Waals surface area contributed by atoms with Crippen molar-refractivity contribution < 1.29 is 0 Å². The monoisotopic (exact) mass is 255 g/mol. The van der Waals surface area contributed by atoms with Crippen molar-refractivity contribution in [3.63, 3.8) is 0 Å². The van der Waals surface area contributed by atoms with Crippen molar-refractivity contribution in [3.8, 4) is 0 Å². The van der Waals surface area contributed by atoms with E-state index < -0.39 is 0 Å². The molecule has 2 N–H and O–H groups in total. The van der Waals surface area contributed by atoms with Gasteiger partial charge in [-0.1, -0.05) is 37.3 Å². The highest BCUT2D eigenvalue weighted by molar-refractivity contribution is 5.27. The maximum absolute atomic E-state index is 12.1. The van der Waals surface area contributed by atoms with Crippen LogP contribution in [0.3, 0.4) is 0 Å². The Morgan fingerprint density at radius 2 is 2.05 bits per heavy atom. The first kappa shape index (κ1) is 12.1. The summed E-state index contributed by atoms with van der Waals surface area (Å²) in [5.41, 5.74) is 2.89. The molecule has 1 aromatic carbocycles. The fourth-order valence-electron chi connectivity index (χ4n) is 2.48. The van der Waals surface area contributed by atoms with Crippen molar-refractivity contribution in [1.82, 2.24) is 15.3 Å². The Morgan fingerprint density at radius 1 is 1.26 bits per heavy atom. The third kappa shape index (κ3) is 2.31. The smallest absolute Gasteiger partial charge is 0.255 e. The molecule has 1 aromatic heterocycles. The summed E-state index contributed by atoms with van der Waals surface area (Å²) < 4.78 is 0. The van der Waals surface area contributed by atoms with Crippen LogP contribution in [0.25, 0.3) is 0 Å². The number of nitrogens with zero attached hydrogens (tertiary/aromatic N) is 1. The van der Waals surface area contributed by atoms with Crippen molar-refractivity contribution >= 4 is 0 Å². The van der Waals surface area contributed by atoms with E-state index in [0.717, 1.165) is 30.0 Å². The van der Waals surface area contributed by atoms with Gasteiger partial charge in [-0.05, 0) is 5.56 Å². The predicted octanol–water partition coefficient (Wildman–Crippen LogP) is 1.57. The van der Waals surface area contributed by atoms with Gasteiger partial charge in [-0.15, -0.1) is 0 Å². The van der Waals surface area contributed by atoms with Crippen LogP contribution in [0.2, 0.25) is 0 Å². The summed E-state index contributed by atoms with van der Waals surface area (Å²) in [7, 11) is 0.